The van der Waals surface area contributed by atoms with Gasteiger partial charge < -0.3 is 10.2 Å². The van der Waals surface area contributed by atoms with Crippen LogP contribution in [0, 0.1) is 11.8 Å². The maximum Gasteiger partial charge on any atom is 0.327 e. The van der Waals surface area contributed by atoms with E-state index in [1.54, 1.807) is 0 Å². The number of aromatic amines is 2. The van der Waals surface area contributed by atoms with Gasteiger partial charge in [-0.15, -0.1) is 0 Å². The van der Waals surface area contributed by atoms with Crippen molar-refractivity contribution in [2.75, 3.05) is 31.1 Å². The first-order valence-corrected chi connectivity index (χ1v) is 5.52. The van der Waals surface area contributed by atoms with Gasteiger partial charge in [-0.25, -0.2) is 4.79 Å². The Morgan fingerprint density at radius 1 is 1.12 bits per heavy atom. The fraction of sp³-hybridized carbons (Fsp3) is 0.600. The van der Waals surface area contributed by atoms with Crippen LogP contribution in [-0.4, -0.2) is 36.1 Å². The Balaban J connectivity index is 1.88. The van der Waals surface area contributed by atoms with Gasteiger partial charge in [0.1, 0.15) is 5.82 Å². The van der Waals surface area contributed by atoms with Gasteiger partial charge in [0, 0.05) is 32.2 Å². The molecule has 2 atom stereocenters. The number of aromatic nitrogens is 2. The van der Waals surface area contributed by atoms with Crippen molar-refractivity contribution in [2.24, 2.45) is 11.8 Å². The first kappa shape index (κ1) is 9.65. The third-order valence-electron chi connectivity index (χ3n) is 3.48. The minimum absolute atomic E-state index is 0.339. The molecule has 16 heavy (non-hydrogen) atoms. The Morgan fingerprint density at radius 3 is 2.44 bits per heavy atom. The van der Waals surface area contributed by atoms with Gasteiger partial charge in [0.2, 0.25) is 0 Å². The zero-order valence-electron chi connectivity index (χ0n) is 8.82. The number of nitrogens with one attached hydrogen (secondary N) is 3. The van der Waals surface area contributed by atoms with E-state index >= 15 is 0 Å². The number of H-pyrrole nitrogens is 2. The van der Waals surface area contributed by atoms with E-state index in [9.17, 15) is 9.59 Å². The third-order valence-corrected chi connectivity index (χ3v) is 3.48. The summed E-state index contributed by atoms with van der Waals surface area (Å²) in [5.74, 6) is 1.92. The second-order valence-corrected chi connectivity index (χ2v) is 4.56. The topological polar surface area (TPSA) is 81.0 Å². The average Bonchev–Trinajstić information content (AvgIpc) is 2.74. The molecular formula is C10H14N4O2. The molecule has 3 N–H and O–H groups in total. The monoisotopic (exact) mass is 222 g/mol. The Labute approximate surface area is 91.7 Å². The summed E-state index contributed by atoms with van der Waals surface area (Å²) >= 11 is 0. The van der Waals surface area contributed by atoms with Gasteiger partial charge in [-0.2, -0.15) is 0 Å². The van der Waals surface area contributed by atoms with Crippen LogP contribution in [0.25, 0.3) is 0 Å². The van der Waals surface area contributed by atoms with Crippen molar-refractivity contribution in [2.45, 2.75) is 0 Å². The Morgan fingerprint density at radius 2 is 1.81 bits per heavy atom. The van der Waals surface area contributed by atoms with Gasteiger partial charge in [0.05, 0.1) is 0 Å². The molecule has 2 fully saturated rings. The summed E-state index contributed by atoms with van der Waals surface area (Å²) in [4.78, 5) is 29.3. The van der Waals surface area contributed by atoms with Crippen molar-refractivity contribution in [3.8, 4) is 0 Å². The molecule has 0 bridgehead atoms. The molecule has 0 aliphatic carbocycles. The van der Waals surface area contributed by atoms with Crippen LogP contribution >= 0.6 is 0 Å². The quantitative estimate of drug-likeness (QED) is 0.553. The van der Waals surface area contributed by atoms with E-state index in [1.807, 2.05) is 0 Å². The lowest BCUT2D eigenvalue weighted by Gasteiger charge is -2.18. The third kappa shape index (κ3) is 1.55. The maximum atomic E-state index is 11.2. The van der Waals surface area contributed by atoms with Gasteiger partial charge in [0.15, 0.2) is 0 Å². The largest absolute Gasteiger partial charge is 0.357 e. The van der Waals surface area contributed by atoms with Gasteiger partial charge >= 0.3 is 5.69 Å². The lowest BCUT2D eigenvalue weighted by Crippen LogP contribution is -2.31. The number of rotatable bonds is 1. The second-order valence-electron chi connectivity index (χ2n) is 4.56. The predicted octanol–water partition coefficient (Wildman–Crippen LogP) is -1.28. The van der Waals surface area contributed by atoms with Crippen LogP contribution in [0.15, 0.2) is 15.7 Å². The summed E-state index contributed by atoms with van der Waals surface area (Å²) in [5.41, 5.74) is -0.772. The Kier molecular flexibility index (Phi) is 2.10. The van der Waals surface area contributed by atoms with Crippen LogP contribution in [0.3, 0.4) is 0 Å². The number of nitrogens with zero attached hydrogens (tertiary/aromatic N) is 1. The highest BCUT2D eigenvalue weighted by molar-refractivity contribution is 5.38. The molecule has 2 unspecified atom stereocenters. The minimum atomic E-state index is -0.433. The van der Waals surface area contributed by atoms with Gasteiger partial charge in [-0.05, 0) is 11.8 Å². The van der Waals surface area contributed by atoms with Gasteiger partial charge in [-0.1, -0.05) is 0 Å². The molecule has 3 rings (SSSR count). The van der Waals surface area contributed by atoms with E-state index in [2.05, 4.69) is 20.2 Å². The summed E-state index contributed by atoms with van der Waals surface area (Å²) in [7, 11) is 0. The minimum Gasteiger partial charge on any atom is -0.357 e. The van der Waals surface area contributed by atoms with Crippen molar-refractivity contribution in [1.82, 2.24) is 15.3 Å². The van der Waals surface area contributed by atoms with Crippen LogP contribution < -0.4 is 21.5 Å². The molecule has 0 saturated carbocycles. The SMILES string of the molecule is O=c1cc(N2CC3CNCC3C2)[nH]c(=O)[nH]1. The molecule has 6 heteroatoms. The van der Waals surface area contributed by atoms with Crippen molar-refractivity contribution >= 4 is 5.82 Å². The summed E-state index contributed by atoms with van der Waals surface area (Å²) in [6.45, 7) is 3.90. The summed E-state index contributed by atoms with van der Waals surface area (Å²) in [6, 6.07) is 1.45. The van der Waals surface area contributed by atoms with Crippen LogP contribution in [-0.2, 0) is 0 Å². The first-order chi connectivity index (χ1) is 7.72. The highest BCUT2D eigenvalue weighted by Crippen LogP contribution is 2.28. The molecule has 86 valence electrons. The molecule has 2 aliphatic rings. The van der Waals surface area contributed by atoms with Crippen LogP contribution in [0.1, 0.15) is 0 Å². The molecule has 0 amide bonds. The van der Waals surface area contributed by atoms with E-state index in [1.165, 1.54) is 6.07 Å². The lowest BCUT2D eigenvalue weighted by molar-refractivity contribution is 0.533. The van der Waals surface area contributed by atoms with Crippen LogP contribution in [0.2, 0.25) is 0 Å². The molecular weight excluding hydrogens is 208 g/mol. The van der Waals surface area contributed by atoms with Crippen LogP contribution in [0.5, 0.6) is 0 Å². The highest BCUT2D eigenvalue weighted by atomic mass is 16.2. The molecule has 2 aliphatic heterocycles. The average molecular weight is 222 g/mol. The Bertz CT molecular complexity index is 466. The van der Waals surface area contributed by atoms with Gasteiger partial charge in [-0.3, -0.25) is 14.8 Å². The molecule has 0 spiro atoms. The molecule has 0 radical (unpaired) electrons. The normalized spacial score (nSPS) is 28.4. The lowest BCUT2D eigenvalue weighted by atomic mass is 10.0. The molecule has 2 saturated heterocycles. The molecule has 1 aromatic heterocycles. The summed E-state index contributed by atoms with van der Waals surface area (Å²) < 4.78 is 0. The predicted molar refractivity (Wildman–Crippen MR) is 59.7 cm³/mol. The van der Waals surface area contributed by atoms with Crippen LogP contribution in [0.4, 0.5) is 5.82 Å². The fourth-order valence-corrected chi connectivity index (χ4v) is 2.68. The fourth-order valence-electron chi connectivity index (χ4n) is 2.68. The molecule has 3 heterocycles. The highest BCUT2D eigenvalue weighted by Gasteiger charge is 2.36. The van der Waals surface area contributed by atoms with Crippen molar-refractivity contribution < 1.29 is 0 Å². The van der Waals surface area contributed by atoms with Crippen molar-refractivity contribution in [3.63, 3.8) is 0 Å². The van der Waals surface area contributed by atoms with E-state index < -0.39 is 5.69 Å². The number of hydrogen-bond acceptors (Lipinski definition) is 4. The standard InChI is InChI=1S/C10H14N4O2/c15-9-1-8(12-10(16)13-9)14-4-6-2-11-3-7(6)5-14/h1,6-7,11H,2-5H2,(H2,12,13,15,16). The zero-order valence-corrected chi connectivity index (χ0v) is 8.82. The molecule has 0 aromatic carbocycles. The maximum absolute atomic E-state index is 11.2. The van der Waals surface area contributed by atoms with Crippen molar-refractivity contribution in [3.05, 3.63) is 26.9 Å². The summed E-state index contributed by atoms with van der Waals surface area (Å²) in [6.07, 6.45) is 0. The van der Waals surface area contributed by atoms with E-state index in [4.69, 9.17) is 0 Å². The van der Waals surface area contributed by atoms with E-state index in [0.29, 0.717) is 17.7 Å². The number of anilines is 1. The number of hydrogen-bond donors (Lipinski definition) is 3. The van der Waals surface area contributed by atoms with Crippen molar-refractivity contribution in [1.29, 1.82) is 0 Å². The summed E-state index contributed by atoms with van der Waals surface area (Å²) in [5, 5.41) is 3.35. The van der Waals surface area contributed by atoms with E-state index in [-0.39, 0.29) is 5.56 Å². The first-order valence-electron chi connectivity index (χ1n) is 5.52. The van der Waals surface area contributed by atoms with E-state index in [0.717, 1.165) is 26.2 Å². The zero-order chi connectivity index (χ0) is 11.1. The molecule has 6 nitrogen and oxygen atoms in total. The second kappa shape index (κ2) is 3.48. The number of fused-ring (bicyclic) bond motifs is 1. The van der Waals surface area contributed by atoms with Gasteiger partial charge in [0.25, 0.3) is 5.56 Å². The Hall–Kier alpha value is -1.56. The smallest absolute Gasteiger partial charge is 0.327 e. The molecule has 1 aromatic rings.